The summed E-state index contributed by atoms with van der Waals surface area (Å²) in [5.41, 5.74) is -0.374. The molecule has 2 bridgehead atoms. The number of carboxylic acids is 1. The molecule has 2 saturated carbocycles. The highest BCUT2D eigenvalue weighted by Gasteiger charge is 2.45. The predicted octanol–water partition coefficient (Wildman–Crippen LogP) is 3.24. The first-order valence-electron chi connectivity index (χ1n) is 11.4. The molecule has 164 valence electrons. The molecule has 8 nitrogen and oxygen atoms in total. The second-order valence-electron chi connectivity index (χ2n) is 9.13. The van der Waals surface area contributed by atoms with Crippen LogP contribution in [0.15, 0.2) is 9.59 Å². The van der Waals surface area contributed by atoms with E-state index in [0.29, 0.717) is 49.4 Å². The molecule has 2 heterocycles. The van der Waals surface area contributed by atoms with Gasteiger partial charge < -0.3 is 10.1 Å². The molecule has 2 aliphatic carbocycles. The molecular weight excluding hydrogens is 384 g/mol. The maximum Gasteiger partial charge on any atom is 0.332 e. The second-order valence-corrected chi connectivity index (χ2v) is 9.13. The summed E-state index contributed by atoms with van der Waals surface area (Å²) >= 11 is 0. The van der Waals surface area contributed by atoms with E-state index in [-0.39, 0.29) is 17.2 Å². The molecule has 0 aromatic carbocycles. The zero-order chi connectivity index (χ0) is 21.5. The maximum absolute atomic E-state index is 13.0. The number of nitrogens with zero attached hydrogens (tertiary/aromatic N) is 3. The zero-order valence-corrected chi connectivity index (χ0v) is 17.9. The van der Waals surface area contributed by atoms with E-state index in [4.69, 9.17) is 4.98 Å². The Morgan fingerprint density at radius 3 is 2.50 bits per heavy atom. The van der Waals surface area contributed by atoms with Gasteiger partial charge in [-0.05, 0) is 57.3 Å². The summed E-state index contributed by atoms with van der Waals surface area (Å²) in [5.74, 6) is 0.531. The topological polar surface area (TPSA) is 110 Å². The Morgan fingerprint density at radius 2 is 1.80 bits per heavy atom. The van der Waals surface area contributed by atoms with Crippen LogP contribution in [0.5, 0.6) is 0 Å². The second kappa shape index (κ2) is 8.04. The molecule has 2 fully saturated rings. The van der Waals surface area contributed by atoms with Crippen molar-refractivity contribution in [2.45, 2.75) is 90.6 Å². The van der Waals surface area contributed by atoms with Gasteiger partial charge in [0.2, 0.25) is 0 Å². The molecule has 0 aliphatic heterocycles. The van der Waals surface area contributed by atoms with E-state index >= 15 is 0 Å². The number of hydrogen-bond acceptors (Lipinski definition) is 4. The van der Waals surface area contributed by atoms with Crippen molar-refractivity contribution in [2.24, 2.45) is 11.3 Å². The smallest absolute Gasteiger partial charge is 0.332 e. The highest BCUT2D eigenvalue weighted by Crippen LogP contribution is 2.50. The first-order valence-corrected chi connectivity index (χ1v) is 11.4. The van der Waals surface area contributed by atoms with Gasteiger partial charge in [-0.2, -0.15) is 0 Å². The summed E-state index contributed by atoms with van der Waals surface area (Å²) in [6, 6.07) is 0. The lowest BCUT2D eigenvalue weighted by Crippen LogP contribution is -2.40. The number of rotatable bonds is 6. The summed E-state index contributed by atoms with van der Waals surface area (Å²) in [7, 11) is 0. The summed E-state index contributed by atoms with van der Waals surface area (Å²) in [6.45, 7) is 4.85. The minimum absolute atomic E-state index is 0.100. The largest absolute Gasteiger partial charge is 0.481 e. The number of H-pyrrole nitrogens is 1. The highest BCUT2D eigenvalue weighted by molar-refractivity contribution is 5.74. The van der Waals surface area contributed by atoms with E-state index in [1.807, 2.05) is 13.8 Å². The molecule has 30 heavy (non-hydrogen) atoms. The number of aliphatic carboxylic acids is 1. The quantitative estimate of drug-likeness (QED) is 0.751. The van der Waals surface area contributed by atoms with Gasteiger partial charge in [0.25, 0.3) is 5.56 Å². The van der Waals surface area contributed by atoms with Crippen LogP contribution in [0.4, 0.5) is 0 Å². The van der Waals surface area contributed by atoms with Crippen LogP contribution in [0.3, 0.4) is 0 Å². The lowest BCUT2D eigenvalue weighted by molar-refractivity contribution is -0.150. The molecule has 2 aromatic rings. The third-order valence-corrected chi connectivity index (χ3v) is 7.31. The fourth-order valence-corrected chi connectivity index (χ4v) is 5.64. The predicted molar refractivity (Wildman–Crippen MR) is 114 cm³/mol. The van der Waals surface area contributed by atoms with Gasteiger partial charge >= 0.3 is 11.7 Å². The van der Waals surface area contributed by atoms with Gasteiger partial charge in [0.15, 0.2) is 5.65 Å². The molecule has 8 heteroatoms. The van der Waals surface area contributed by atoms with E-state index in [2.05, 4.69) is 4.98 Å². The number of hydrogen-bond donors (Lipinski definition) is 2. The van der Waals surface area contributed by atoms with Gasteiger partial charge in [0.05, 0.1) is 5.41 Å². The van der Waals surface area contributed by atoms with Crippen LogP contribution in [-0.2, 0) is 17.9 Å². The number of carboxylic acid groups (broad SMARTS) is 1. The summed E-state index contributed by atoms with van der Waals surface area (Å²) < 4.78 is 2.93. The molecule has 4 rings (SSSR count). The maximum atomic E-state index is 13.0. The molecule has 2 aliphatic rings. The Balaban J connectivity index is 1.81. The van der Waals surface area contributed by atoms with Crippen LogP contribution in [0.25, 0.3) is 11.2 Å². The van der Waals surface area contributed by atoms with Gasteiger partial charge in [0.1, 0.15) is 11.3 Å². The van der Waals surface area contributed by atoms with Gasteiger partial charge in [-0.3, -0.25) is 18.7 Å². The van der Waals surface area contributed by atoms with Gasteiger partial charge in [0, 0.05) is 19.0 Å². The Bertz CT molecular complexity index is 1070. The third-order valence-electron chi connectivity index (χ3n) is 7.31. The first-order chi connectivity index (χ1) is 14.4. The lowest BCUT2D eigenvalue weighted by atomic mass is 9.75. The van der Waals surface area contributed by atoms with Crippen molar-refractivity contribution in [3.05, 3.63) is 26.7 Å². The molecule has 0 amide bonds. The number of fused-ring (bicyclic) bond motifs is 4. The number of nitrogens with one attached hydrogen (secondary N) is 1. The summed E-state index contributed by atoms with van der Waals surface area (Å²) in [4.78, 5) is 46.0. The molecule has 2 aromatic heterocycles. The van der Waals surface area contributed by atoms with Crippen molar-refractivity contribution in [1.82, 2.24) is 19.1 Å². The number of aryl methyl sites for hydroxylation is 1. The average molecular weight is 417 g/mol. The SMILES string of the molecule is CCCn1c(=O)c2[nH]c(C3CCC4(C(=O)O)CCCC3CC4)nc2n(CCC)c1=O. The van der Waals surface area contributed by atoms with E-state index < -0.39 is 11.4 Å². The molecule has 3 unspecified atom stereocenters. The van der Waals surface area contributed by atoms with Crippen molar-refractivity contribution in [3.63, 3.8) is 0 Å². The van der Waals surface area contributed by atoms with Gasteiger partial charge in [-0.1, -0.05) is 20.3 Å². The molecule has 0 spiro atoms. The average Bonchev–Trinajstić information content (AvgIpc) is 2.91. The summed E-state index contributed by atoms with van der Waals surface area (Å²) in [6.07, 6.45) is 7.10. The third kappa shape index (κ3) is 3.30. The van der Waals surface area contributed by atoms with E-state index in [9.17, 15) is 19.5 Å². The van der Waals surface area contributed by atoms with Crippen LogP contribution in [0.2, 0.25) is 0 Å². The van der Waals surface area contributed by atoms with E-state index in [1.165, 1.54) is 4.57 Å². The van der Waals surface area contributed by atoms with E-state index in [0.717, 1.165) is 44.3 Å². The Hall–Kier alpha value is -2.38. The van der Waals surface area contributed by atoms with Crippen LogP contribution >= 0.6 is 0 Å². The Morgan fingerprint density at radius 1 is 1.10 bits per heavy atom. The molecule has 3 atom stereocenters. The summed E-state index contributed by atoms with van der Waals surface area (Å²) in [5, 5.41) is 9.87. The molecule has 0 saturated heterocycles. The zero-order valence-electron chi connectivity index (χ0n) is 17.9. The van der Waals surface area contributed by atoms with Gasteiger partial charge in [-0.25, -0.2) is 9.78 Å². The molecule has 2 N–H and O–H groups in total. The van der Waals surface area contributed by atoms with Crippen LogP contribution < -0.4 is 11.2 Å². The van der Waals surface area contributed by atoms with Crippen molar-refractivity contribution < 1.29 is 9.90 Å². The van der Waals surface area contributed by atoms with Crippen molar-refractivity contribution >= 4 is 17.1 Å². The number of imidazole rings is 1. The number of aromatic nitrogens is 4. The number of aromatic amines is 1. The van der Waals surface area contributed by atoms with Crippen LogP contribution in [-0.4, -0.2) is 30.2 Å². The van der Waals surface area contributed by atoms with Crippen LogP contribution in [0, 0.1) is 11.3 Å². The molecular formula is C22H32N4O4. The van der Waals surface area contributed by atoms with E-state index in [1.54, 1.807) is 4.57 Å². The van der Waals surface area contributed by atoms with Gasteiger partial charge in [-0.15, -0.1) is 0 Å². The molecule has 0 radical (unpaired) electrons. The highest BCUT2D eigenvalue weighted by atomic mass is 16.4. The standard InChI is InChI=1S/C22H32N4O4/c1-3-12-25-18-16(19(27)26(13-4-2)21(25)30)23-17(24-18)15-8-11-22(20(28)29)9-5-6-14(15)7-10-22/h14-15H,3-13H2,1-2H3,(H,23,24)(H,28,29). The normalized spacial score (nSPS) is 26.6. The van der Waals surface area contributed by atoms with Crippen LogP contribution in [0.1, 0.15) is 83.4 Å². The lowest BCUT2D eigenvalue weighted by Gasteiger charge is -2.29. The monoisotopic (exact) mass is 416 g/mol. The van der Waals surface area contributed by atoms with Crippen molar-refractivity contribution in [2.75, 3.05) is 0 Å². The fraction of sp³-hybridized carbons (Fsp3) is 0.727. The number of carbonyl (C=O) groups is 1. The fourth-order valence-electron chi connectivity index (χ4n) is 5.64. The first kappa shape index (κ1) is 20.9. The minimum Gasteiger partial charge on any atom is -0.481 e. The Labute approximate surface area is 175 Å². The Kier molecular flexibility index (Phi) is 5.59. The minimum atomic E-state index is -0.673. The van der Waals surface area contributed by atoms with Crippen molar-refractivity contribution in [1.29, 1.82) is 0 Å². The van der Waals surface area contributed by atoms with Crippen molar-refractivity contribution in [3.8, 4) is 0 Å².